The monoisotopic (exact) mass is 405 g/mol. The number of halogens is 3. The number of primary sulfonamides is 1. The molecule has 2 heterocycles. The van der Waals surface area contributed by atoms with Crippen LogP contribution in [0.2, 0.25) is 0 Å². The molecule has 10 heteroatoms. The van der Waals surface area contributed by atoms with Crippen molar-refractivity contribution in [2.75, 3.05) is 31.1 Å². The minimum absolute atomic E-state index is 0.0133. The van der Waals surface area contributed by atoms with Crippen LogP contribution in [0.15, 0.2) is 40.6 Å². The van der Waals surface area contributed by atoms with Gasteiger partial charge in [0.05, 0.1) is 10.5 Å². The lowest BCUT2D eigenvalue weighted by atomic mass is 10.1. The Bertz CT molecular complexity index is 859. The van der Waals surface area contributed by atoms with Crippen LogP contribution in [0.3, 0.4) is 0 Å². The predicted octanol–water partition coefficient (Wildman–Crippen LogP) is 2.74. The van der Waals surface area contributed by atoms with Gasteiger partial charge in [-0.3, -0.25) is 4.90 Å². The number of rotatable bonds is 4. The molecule has 1 aliphatic rings. The van der Waals surface area contributed by atoms with Crippen LogP contribution in [0.25, 0.3) is 0 Å². The third-order valence-corrected chi connectivity index (χ3v) is 6.05. The second-order valence-electron chi connectivity index (χ2n) is 6.06. The van der Waals surface area contributed by atoms with E-state index in [4.69, 9.17) is 5.14 Å². The molecule has 0 saturated carbocycles. The normalized spacial score (nSPS) is 16.8. The fourth-order valence-corrected chi connectivity index (χ4v) is 4.25. The van der Waals surface area contributed by atoms with Crippen molar-refractivity contribution < 1.29 is 21.6 Å². The van der Waals surface area contributed by atoms with Gasteiger partial charge >= 0.3 is 6.18 Å². The van der Waals surface area contributed by atoms with Crippen LogP contribution in [0.1, 0.15) is 10.4 Å². The van der Waals surface area contributed by atoms with Crippen LogP contribution in [0.5, 0.6) is 0 Å². The molecular formula is C16H18F3N3O2S2. The number of hydrogen-bond donors (Lipinski definition) is 1. The summed E-state index contributed by atoms with van der Waals surface area (Å²) >= 11 is 1.65. The molecule has 0 atom stereocenters. The standard InChI is InChI=1S/C16H18F3N3O2S2/c17-16(18,19)14-10-13(26(20,23)24)3-4-15(14)22-7-5-21(6-8-22)11-12-2-1-9-25-12/h1-4,9-10H,5-8,11H2,(H2,20,23,24). The number of sulfonamides is 1. The van der Waals surface area contributed by atoms with Crippen molar-refractivity contribution in [3.05, 3.63) is 46.2 Å². The molecule has 1 saturated heterocycles. The van der Waals surface area contributed by atoms with Gasteiger partial charge in [0.15, 0.2) is 0 Å². The number of thiophene rings is 1. The minimum Gasteiger partial charge on any atom is -0.368 e. The van der Waals surface area contributed by atoms with Crippen molar-refractivity contribution in [2.45, 2.75) is 17.6 Å². The number of piperazine rings is 1. The molecule has 1 fully saturated rings. The molecule has 2 aromatic rings. The molecule has 0 amide bonds. The van der Waals surface area contributed by atoms with Crippen LogP contribution in [0, 0.1) is 0 Å². The molecule has 2 N–H and O–H groups in total. The Morgan fingerprint density at radius 3 is 2.35 bits per heavy atom. The van der Waals surface area contributed by atoms with Crippen molar-refractivity contribution in [3.8, 4) is 0 Å². The van der Waals surface area contributed by atoms with Crippen LogP contribution in [-0.4, -0.2) is 39.5 Å². The van der Waals surface area contributed by atoms with Gasteiger partial charge in [0.25, 0.3) is 0 Å². The molecule has 142 valence electrons. The first-order valence-electron chi connectivity index (χ1n) is 7.88. The zero-order chi connectivity index (χ0) is 18.9. The third kappa shape index (κ3) is 4.37. The number of alkyl halides is 3. The van der Waals surface area contributed by atoms with Crippen molar-refractivity contribution in [1.82, 2.24) is 4.90 Å². The minimum atomic E-state index is -4.66. The summed E-state index contributed by atoms with van der Waals surface area (Å²) in [7, 11) is -4.20. The van der Waals surface area contributed by atoms with Gasteiger partial charge in [0.1, 0.15) is 0 Å². The lowest BCUT2D eigenvalue weighted by Gasteiger charge is -2.37. The van der Waals surface area contributed by atoms with E-state index >= 15 is 0 Å². The Kier molecular flexibility index (Phi) is 5.29. The smallest absolute Gasteiger partial charge is 0.368 e. The van der Waals surface area contributed by atoms with E-state index in [-0.39, 0.29) is 5.69 Å². The maximum absolute atomic E-state index is 13.4. The molecule has 1 aliphatic heterocycles. The summed E-state index contributed by atoms with van der Waals surface area (Å²) < 4.78 is 63.1. The molecule has 5 nitrogen and oxygen atoms in total. The quantitative estimate of drug-likeness (QED) is 0.850. The lowest BCUT2D eigenvalue weighted by Crippen LogP contribution is -2.46. The first-order chi connectivity index (χ1) is 12.1. The first-order valence-corrected chi connectivity index (χ1v) is 10.3. The van der Waals surface area contributed by atoms with Gasteiger partial charge in [-0.1, -0.05) is 6.07 Å². The molecule has 26 heavy (non-hydrogen) atoms. The number of nitrogens with two attached hydrogens (primary N) is 1. The Labute approximate surface area is 153 Å². The Hall–Kier alpha value is -1.62. The average Bonchev–Trinajstić information content (AvgIpc) is 3.06. The van der Waals surface area contributed by atoms with E-state index in [9.17, 15) is 21.6 Å². The van der Waals surface area contributed by atoms with Crippen LogP contribution < -0.4 is 10.0 Å². The Morgan fingerprint density at radius 2 is 1.81 bits per heavy atom. The highest BCUT2D eigenvalue weighted by atomic mass is 32.2. The van der Waals surface area contributed by atoms with E-state index in [1.54, 1.807) is 16.2 Å². The molecule has 3 rings (SSSR count). The summed E-state index contributed by atoms with van der Waals surface area (Å²) in [5.74, 6) is 0. The molecule has 0 radical (unpaired) electrons. The maximum atomic E-state index is 13.4. The van der Waals surface area contributed by atoms with Gasteiger partial charge in [-0.15, -0.1) is 11.3 Å². The summed E-state index contributed by atoms with van der Waals surface area (Å²) in [4.78, 5) is 4.51. The van der Waals surface area contributed by atoms with Crippen LogP contribution >= 0.6 is 11.3 Å². The van der Waals surface area contributed by atoms with Crippen LogP contribution in [-0.2, 0) is 22.7 Å². The van der Waals surface area contributed by atoms with Crippen molar-refractivity contribution in [3.63, 3.8) is 0 Å². The first kappa shape index (κ1) is 19.2. The van der Waals surface area contributed by atoms with E-state index in [0.29, 0.717) is 32.2 Å². The van der Waals surface area contributed by atoms with Gasteiger partial charge in [0.2, 0.25) is 10.0 Å². The zero-order valence-corrected chi connectivity index (χ0v) is 15.4. The zero-order valence-electron chi connectivity index (χ0n) is 13.7. The van der Waals surface area contributed by atoms with Gasteiger partial charge in [-0.05, 0) is 29.6 Å². The fourth-order valence-electron chi connectivity index (χ4n) is 2.96. The molecular weight excluding hydrogens is 387 g/mol. The van der Waals surface area contributed by atoms with E-state index in [2.05, 4.69) is 4.90 Å². The number of anilines is 1. The van der Waals surface area contributed by atoms with Crippen molar-refractivity contribution >= 4 is 27.0 Å². The Balaban J connectivity index is 1.79. The highest BCUT2D eigenvalue weighted by molar-refractivity contribution is 7.89. The van der Waals surface area contributed by atoms with E-state index in [1.807, 2.05) is 17.5 Å². The molecule has 1 aromatic heterocycles. The van der Waals surface area contributed by atoms with E-state index in [0.717, 1.165) is 12.6 Å². The fraction of sp³-hybridized carbons (Fsp3) is 0.375. The van der Waals surface area contributed by atoms with E-state index < -0.39 is 26.7 Å². The lowest BCUT2D eigenvalue weighted by molar-refractivity contribution is -0.137. The Morgan fingerprint density at radius 1 is 1.12 bits per heavy atom. The second kappa shape index (κ2) is 7.18. The summed E-state index contributed by atoms with van der Waals surface area (Å²) in [6.45, 7) is 2.91. The topological polar surface area (TPSA) is 66.6 Å². The molecule has 1 aromatic carbocycles. The molecule has 0 aliphatic carbocycles. The summed E-state index contributed by atoms with van der Waals surface area (Å²) in [5, 5.41) is 6.96. The number of benzene rings is 1. The summed E-state index contributed by atoms with van der Waals surface area (Å²) in [6.07, 6.45) is -4.66. The molecule has 0 bridgehead atoms. The van der Waals surface area contributed by atoms with Crippen molar-refractivity contribution in [1.29, 1.82) is 0 Å². The second-order valence-corrected chi connectivity index (χ2v) is 8.66. The summed E-state index contributed by atoms with van der Waals surface area (Å²) in [5.41, 5.74) is -0.989. The average molecular weight is 405 g/mol. The summed E-state index contributed by atoms with van der Waals surface area (Å²) in [6, 6.07) is 6.93. The molecule has 0 spiro atoms. The van der Waals surface area contributed by atoms with Gasteiger partial charge in [-0.25, -0.2) is 13.6 Å². The third-order valence-electron chi connectivity index (χ3n) is 4.27. The highest BCUT2D eigenvalue weighted by Crippen LogP contribution is 2.38. The van der Waals surface area contributed by atoms with Gasteiger partial charge < -0.3 is 4.90 Å². The van der Waals surface area contributed by atoms with Gasteiger partial charge in [-0.2, -0.15) is 13.2 Å². The largest absolute Gasteiger partial charge is 0.418 e. The van der Waals surface area contributed by atoms with Gasteiger partial charge in [0, 0.05) is 43.3 Å². The highest BCUT2D eigenvalue weighted by Gasteiger charge is 2.36. The van der Waals surface area contributed by atoms with Crippen LogP contribution in [0.4, 0.5) is 18.9 Å². The number of nitrogens with zero attached hydrogens (tertiary/aromatic N) is 2. The SMILES string of the molecule is NS(=O)(=O)c1ccc(N2CCN(Cc3cccs3)CC2)c(C(F)(F)F)c1. The van der Waals surface area contributed by atoms with Crippen molar-refractivity contribution in [2.24, 2.45) is 5.14 Å². The number of hydrogen-bond acceptors (Lipinski definition) is 5. The maximum Gasteiger partial charge on any atom is 0.418 e. The van der Waals surface area contributed by atoms with E-state index in [1.165, 1.54) is 10.9 Å². The predicted molar refractivity (Wildman–Crippen MR) is 94.6 cm³/mol. The molecule has 0 unspecified atom stereocenters.